The lowest BCUT2D eigenvalue weighted by molar-refractivity contribution is -0.319. The van der Waals surface area contributed by atoms with E-state index in [1.165, 1.54) is 44.9 Å². The van der Waals surface area contributed by atoms with Crippen molar-refractivity contribution < 1.29 is 13.9 Å². The summed E-state index contributed by atoms with van der Waals surface area (Å²) >= 11 is 0. The first kappa shape index (κ1) is 16.1. The zero-order valence-corrected chi connectivity index (χ0v) is 13.9. The van der Waals surface area contributed by atoms with Crippen LogP contribution in [0.2, 0.25) is 0 Å². The third kappa shape index (κ3) is 3.94. The van der Waals surface area contributed by atoms with Crippen molar-refractivity contribution in [3.63, 3.8) is 0 Å². The second kappa shape index (κ2) is 7.65. The number of ether oxygens (including phenoxy) is 2. The Balaban J connectivity index is 1.55. The first-order valence-electron chi connectivity index (χ1n) is 9.20. The van der Waals surface area contributed by atoms with Gasteiger partial charge in [-0.25, -0.2) is 0 Å². The van der Waals surface area contributed by atoms with Crippen LogP contribution in [0.1, 0.15) is 89.4 Å². The van der Waals surface area contributed by atoms with E-state index < -0.39 is 0 Å². The van der Waals surface area contributed by atoms with Crippen molar-refractivity contribution in [3.8, 4) is 0 Å². The molecule has 0 radical (unpaired) electrons. The lowest BCUT2D eigenvalue weighted by atomic mass is 9.91. The van der Waals surface area contributed by atoms with Crippen LogP contribution < -0.4 is 0 Å². The molecule has 1 aromatic rings. The third-order valence-corrected chi connectivity index (χ3v) is 5.09. The maximum Gasteiger partial charge on any atom is 0.169 e. The highest BCUT2D eigenvalue weighted by atomic mass is 16.7. The smallest absolute Gasteiger partial charge is 0.169 e. The lowest BCUT2D eigenvalue weighted by Gasteiger charge is -2.45. The summed E-state index contributed by atoms with van der Waals surface area (Å²) in [6, 6.07) is 3.97. The molecule has 3 heteroatoms. The van der Waals surface area contributed by atoms with Crippen LogP contribution in [0.25, 0.3) is 0 Å². The molecule has 0 aromatic carbocycles. The Morgan fingerprint density at radius 1 is 1.09 bits per heavy atom. The molecule has 22 heavy (non-hydrogen) atoms. The minimum atomic E-state index is -0.344. The van der Waals surface area contributed by atoms with E-state index in [-0.39, 0.29) is 11.9 Å². The first-order valence-corrected chi connectivity index (χ1v) is 9.20. The minimum Gasteiger partial charge on any atom is -0.467 e. The van der Waals surface area contributed by atoms with Crippen molar-refractivity contribution in [1.29, 1.82) is 0 Å². The summed E-state index contributed by atoms with van der Waals surface area (Å²) in [5, 5.41) is 0. The van der Waals surface area contributed by atoms with Crippen LogP contribution in [0.4, 0.5) is 0 Å². The highest BCUT2D eigenvalue weighted by Crippen LogP contribution is 2.44. The number of unbranched alkanes of at least 4 members (excludes halogenated alkanes) is 3. The molecule has 2 saturated heterocycles. The number of hydrogen-bond acceptors (Lipinski definition) is 3. The van der Waals surface area contributed by atoms with Crippen LogP contribution in [-0.2, 0) is 9.47 Å². The first-order chi connectivity index (χ1) is 10.8. The largest absolute Gasteiger partial charge is 0.467 e. The van der Waals surface area contributed by atoms with Gasteiger partial charge in [-0.2, -0.15) is 0 Å². The molecule has 2 aliphatic heterocycles. The zero-order valence-electron chi connectivity index (χ0n) is 13.9. The van der Waals surface area contributed by atoms with Gasteiger partial charge in [0.25, 0.3) is 0 Å². The molecule has 3 atom stereocenters. The molecule has 2 aliphatic rings. The van der Waals surface area contributed by atoms with Crippen molar-refractivity contribution in [2.75, 3.05) is 0 Å². The quantitative estimate of drug-likeness (QED) is 0.626. The Morgan fingerprint density at radius 2 is 1.95 bits per heavy atom. The molecule has 0 saturated carbocycles. The Labute approximate surface area is 134 Å². The second-order valence-electron chi connectivity index (χ2n) is 6.91. The normalized spacial score (nSPS) is 32.4. The fourth-order valence-corrected chi connectivity index (χ4v) is 3.90. The predicted octanol–water partition coefficient (Wildman–Crippen LogP) is 5.76. The van der Waals surface area contributed by atoms with Crippen molar-refractivity contribution in [2.24, 2.45) is 0 Å². The van der Waals surface area contributed by atoms with E-state index in [2.05, 4.69) is 6.92 Å². The fraction of sp³-hybridized carbons (Fsp3) is 0.789. The SMILES string of the molecule is CCCCCC[C@H]1CCC[C@@]2(CCC[C@H](c3ccco3)O2)O1. The average molecular weight is 306 g/mol. The van der Waals surface area contributed by atoms with Gasteiger partial charge in [-0.3, -0.25) is 0 Å². The van der Waals surface area contributed by atoms with Crippen LogP contribution in [0.3, 0.4) is 0 Å². The molecule has 124 valence electrons. The summed E-state index contributed by atoms with van der Waals surface area (Å²) in [6.45, 7) is 2.26. The molecule has 0 bridgehead atoms. The molecule has 2 fully saturated rings. The van der Waals surface area contributed by atoms with Gasteiger partial charge < -0.3 is 13.9 Å². The summed E-state index contributed by atoms with van der Waals surface area (Å²) < 4.78 is 18.4. The Bertz CT molecular complexity index is 424. The molecule has 0 aliphatic carbocycles. The summed E-state index contributed by atoms with van der Waals surface area (Å²) in [5.41, 5.74) is 0. The molecule has 3 heterocycles. The lowest BCUT2D eigenvalue weighted by Crippen LogP contribution is -2.46. The number of furan rings is 1. The van der Waals surface area contributed by atoms with E-state index in [4.69, 9.17) is 13.9 Å². The highest BCUT2D eigenvalue weighted by molar-refractivity contribution is 5.04. The van der Waals surface area contributed by atoms with Gasteiger partial charge in [0.15, 0.2) is 5.79 Å². The molecule has 3 nitrogen and oxygen atoms in total. The van der Waals surface area contributed by atoms with Gasteiger partial charge >= 0.3 is 0 Å². The van der Waals surface area contributed by atoms with E-state index in [0.717, 1.165) is 31.4 Å². The molecule has 1 spiro atoms. The van der Waals surface area contributed by atoms with E-state index in [1.807, 2.05) is 12.1 Å². The van der Waals surface area contributed by atoms with Crippen LogP contribution in [0.5, 0.6) is 0 Å². The monoisotopic (exact) mass is 306 g/mol. The summed E-state index contributed by atoms with van der Waals surface area (Å²) in [6.07, 6.45) is 15.3. The highest BCUT2D eigenvalue weighted by Gasteiger charge is 2.43. The van der Waals surface area contributed by atoms with E-state index in [0.29, 0.717) is 6.10 Å². The molecule has 1 aromatic heterocycles. The average Bonchev–Trinajstić information content (AvgIpc) is 3.06. The van der Waals surface area contributed by atoms with Gasteiger partial charge in [0.2, 0.25) is 0 Å². The molecule has 3 rings (SSSR count). The van der Waals surface area contributed by atoms with Gasteiger partial charge in [-0.1, -0.05) is 32.6 Å². The number of rotatable bonds is 6. The Kier molecular flexibility index (Phi) is 5.59. The van der Waals surface area contributed by atoms with Crippen molar-refractivity contribution >= 4 is 0 Å². The van der Waals surface area contributed by atoms with Gasteiger partial charge in [-0.15, -0.1) is 0 Å². The topological polar surface area (TPSA) is 31.6 Å². The van der Waals surface area contributed by atoms with Crippen molar-refractivity contribution in [3.05, 3.63) is 24.2 Å². The van der Waals surface area contributed by atoms with Gasteiger partial charge in [0, 0.05) is 12.8 Å². The van der Waals surface area contributed by atoms with Crippen LogP contribution in [-0.4, -0.2) is 11.9 Å². The standard InChI is InChI=1S/C19H30O3/c1-2-3-4-5-9-16-10-6-13-19(21-16)14-7-11-18(22-19)17-12-8-15-20-17/h8,12,15-16,18H,2-7,9-11,13-14H2,1H3/t16-,18+,19+/m0/s1. The number of hydrogen-bond donors (Lipinski definition) is 0. The Morgan fingerprint density at radius 3 is 2.73 bits per heavy atom. The molecular weight excluding hydrogens is 276 g/mol. The third-order valence-electron chi connectivity index (χ3n) is 5.09. The predicted molar refractivity (Wildman–Crippen MR) is 86.6 cm³/mol. The minimum absolute atomic E-state index is 0.0718. The molecule has 0 amide bonds. The van der Waals surface area contributed by atoms with Crippen molar-refractivity contribution in [1.82, 2.24) is 0 Å². The molecule has 0 unspecified atom stereocenters. The van der Waals surface area contributed by atoms with Crippen LogP contribution in [0, 0.1) is 0 Å². The van der Waals surface area contributed by atoms with Crippen molar-refractivity contribution in [2.45, 2.75) is 95.5 Å². The van der Waals surface area contributed by atoms with Gasteiger partial charge in [-0.05, 0) is 44.2 Å². The fourth-order valence-electron chi connectivity index (χ4n) is 3.90. The summed E-state index contributed by atoms with van der Waals surface area (Å²) in [7, 11) is 0. The zero-order chi connectivity index (χ0) is 15.3. The summed E-state index contributed by atoms with van der Waals surface area (Å²) in [5.74, 6) is 0.608. The molecule has 0 N–H and O–H groups in total. The van der Waals surface area contributed by atoms with E-state index in [1.54, 1.807) is 6.26 Å². The molecular formula is C19H30O3. The maximum atomic E-state index is 6.46. The Hall–Kier alpha value is -0.800. The van der Waals surface area contributed by atoms with Gasteiger partial charge in [0.05, 0.1) is 12.4 Å². The second-order valence-corrected chi connectivity index (χ2v) is 6.91. The van der Waals surface area contributed by atoms with Gasteiger partial charge in [0.1, 0.15) is 11.9 Å². The summed E-state index contributed by atoms with van der Waals surface area (Å²) in [4.78, 5) is 0. The van der Waals surface area contributed by atoms with Crippen LogP contribution in [0.15, 0.2) is 22.8 Å². The van der Waals surface area contributed by atoms with Crippen LogP contribution >= 0.6 is 0 Å². The van der Waals surface area contributed by atoms with E-state index >= 15 is 0 Å². The van der Waals surface area contributed by atoms with E-state index in [9.17, 15) is 0 Å². The maximum absolute atomic E-state index is 6.46.